The van der Waals surface area contributed by atoms with Gasteiger partial charge in [0.15, 0.2) is 0 Å². The molecular formula is C12H14Cl2Zr. The summed E-state index contributed by atoms with van der Waals surface area (Å²) in [6.07, 6.45) is 10.5. The van der Waals surface area contributed by atoms with Crippen LogP contribution in [0.1, 0.15) is 26.7 Å². The van der Waals surface area contributed by atoms with E-state index in [0.717, 1.165) is 12.8 Å². The molecule has 0 saturated carbocycles. The molecule has 15 heavy (non-hydrogen) atoms. The second kappa shape index (κ2) is 4.36. The molecule has 2 aliphatic carbocycles. The molecule has 2 aliphatic rings. The first kappa shape index (κ1) is 11.9. The van der Waals surface area contributed by atoms with Crippen LogP contribution in [-0.4, -0.2) is 0 Å². The molecule has 0 saturated heterocycles. The first-order valence-electron chi connectivity index (χ1n) is 5.15. The van der Waals surface area contributed by atoms with Gasteiger partial charge in [-0.15, -0.1) is 0 Å². The second-order valence-corrected chi connectivity index (χ2v) is 17.8. The number of hydrogen-bond donors (Lipinski definition) is 0. The van der Waals surface area contributed by atoms with Gasteiger partial charge >= 0.3 is 104 Å². The summed E-state index contributed by atoms with van der Waals surface area (Å²) in [5.74, 6) is 0. The van der Waals surface area contributed by atoms with Crippen molar-refractivity contribution in [2.24, 2.45) is 0 Å². The Kier molecular flexibility index (Phi) is 3.46. The molecule has 0 N–H and O–H groups in total. The predicted molar refractivity (Wildman–Crippen MR) is 64.6 cm³/mol. The molecule has 2 rings (SSSR count). The van der Waals surface area contributed by atoms with E-state index in [1.807, 2.05) is 0 Å². The maximum atomic E-state index is 6.72. The van der Waals surface area contributed by atoms with Gasteiger partial charge in [-0.3, -0.25) is 0 Å². The van der Waals surface area contributed by atoms with E-state index in [-0.39, 0.29) is 0 Å². The van der Waals surface area contributed by atoms with E-state index < -0.39 is 17.9 Å². The van der Waals surface area contributed by atoms with Gasteiger partial charge in [-0.1, -0.05) is 0 Å². The van der Waals surface area contributed by atoms with Crippen molar-refractivity contribution < 1.29 is 17.9 Å². The predicted octanol–water partition coefficient (Wildman–Crippen LogP) is 4.92. The topological polar surface area (TPSA) is 0 Å². The van der Waals surface area contributed by atoms with Gasteiger partial charge in [0.25, 0.3) is 0 Å². The fraction of sp³-hybridized carbons (Fsp3) is 0.333. The molecule has 0 radical (unpaired) electrons. The van der Waals surface area contributed by atoms with Crippen molar-refractivity contribution in [3.63, 3.8) is 0 Å². The minimum absolute atomic E-state index is 0.964. The SMILES string of the molecule is CC1=[C]([Zr]([Cl])([Cl])[C]2=C(C)C=CC2)CC=C1. The number of rotatable bonds is 2. The van der Waals surface area contributed by atoms with Crippen LogP contribution in [-0.2, 0) is 17.9 Å². The number of allylic oxidation sites excluding steroid dienone is 8. The van der Waals surface area contributed by atoms with Crippen LogP contribution in [0.25, 0.3) is 0 Å². The van der Waals surface area contributed by atoms with Crippen molar-refractivity contribution in [3.8, 4) is 0 Å². The normalized spacial score (nSPS) is 21.1. The Morgan fingerprint density at radius 3 is 1.60 bits per heavy atom. The fourth-order valence-corrected chi connectivity index (χ4v) is 13.1. The van der Waals surface area contributed by atoms with Crippen molar-refractivity contribution in [1.82, 2.24) is 0 Å². The molecule has 0 heterocycles. The van der Waals surface area contributed by atoms with Crippen LogP contribution < -0.4 is 0 Å². The summed E-state index contributed by atoms with van der Waals surface area (Å²) >= 11 is -3.19. The third kappa shape index (κ3) is 2.12. The maximum absolute atomic E-state index is 6.72. The fourth-order valence-electron chi connectivity index (χ4n) is 2.16. The molecular weight excluding hydrogens is 306 g/mol. The average Bonchev–Trinajstić information content (AvgIpc) is 2.73. The quantitative estimate of drug-likeness (QED) is 0.678. The van der Waals surface area contributed by atoms with Crippen LogP contribution in [0.4, 0.5) is 0 Å². The zero-order valence-electron chi connectivity index (χ0n) is 8.98. The van der Waals surface area contributed by atoms with Crippen molar-refractivity contribution in [1.29, 1.82) is 0 Å². The van der Waals surface area contributed by atoms with E-state index in [2.05, 4.69) is 38.2 Å². The summed E-state index contributed by atoms with van der Waals surface area (Å²) in [6, 6.07) is 0. The molecule has 0 spiro atoms. The molecule has 0 aromatic carbocycles. The Bertz CT molecular complexity index is 373. The van der Waals surface area contributed by atoms with Gasteiger partial charge in [-0.25, -0.2) is 0 Å². The molecule has 0 nitrogen and oxygen atoms in total. The first-order valence-corrected chi connectivity index (χ1v) is 13.9. The van der Waals surface area contributed by atoms with Crippen LogP contribution in [0.5, 0.6) is 0 Å². The van der Waals surface area contributed by atoms with Gasteiger partial charge in [0.05, 0.1) is 0 Å². The second-order valence-electron chi connectivity index (χ2n) is 4.11. The van der Waals surface area contributed by atoms with Gasteiger partial charge in [0.2, 0.25) is 0 Å². The van der Waals surface area contributed by atoms with E-state index in [1.54, 1.807) is 0 Å². The minimum atomic E-state index is -3.19. The molecule has 0 aromatic heterocycles. The zero-order valence-corrected chi connectivity index (χ0v) is 12.9. The summed E-state index contributed by atoms with van der Waals surface area (Å²) in [6.45, 7) is 4.24. The van der Waals surface area contributed by atoms with Crippen molar-refractivity contribution in [2.75, 3.05) is 0 Å². The van der Waals surface area contributed by atoms with Crippen LogP contribution in [0.15, 0.2) is 42.0 Å². The van der Waals surface area contributed by atoms with Gasteiger partial charge in [-0.05, 0) is 0 Å². The molecule has 0 bridgehead atoms. The summed E-state index contributed by atoms with van der Waals surface area (Å²) in [5.41, 5.74) is 2.59. The van der Waals surface area contributed by atoms with Gasteiger partial charge in [0.1, 0.15) is 0 Å². The Morgan fingerprint density at radius 2 is 1.33 bits per heavy atom. The van der Waals surface area contributed by atoms with Gasteiger partial charge in [0, 0.05) is 0 Å². The van der Waals surface area contributed by atoms with Crippen LogP contribution in [0, 0.1) is 0 Å². The summed E-state index contributed by atoms with van der Waals surface area (Å²) in [4.78, 5) is 0. The van der Waals surface area contributed by atoms with Crippen LogP contribution in [0.3, 0.4) is 0 Å². The molecule has 0 fully saturated rings. The Hall–Kier alpha value is 0.423. The molecule has 0 atom stereocenters. The van der Waals surface area contributed by atoms with Gasteiger partial charge < -0.3 is 0 Å². The number of halogens is 2. The Morgan fingerprint density at radius 1 is 0.933 bits per heavy atom. The zero-order chi connectivity index (χ0) is 11.1. The van der Waals surface area contributed by atoms with Crippen molar-refractivity contribution >= 4 is 17.0 Å². The standard InChI is InChI=1S/2C6H7.2ClH.Zr/c2*1-6-4-2-3-5-6;;;/h2*2,4H,3H2,1H3;2*1H;/q;;;;+2/p-2. The van der Waals surface area contributed by atoms with E-state index in [9.17, 15) is 0 Å². The van der Waals surface area contributed by atoms with E-state index >= 15 is 0 Å². The van der Waals surface area contributed by atoms with E-state index in [0.29, 0.717) is 0 Å². The van der Waals surface area contributed by atoms with Gasteiger partial charge in [-0.2, -0.15) is 0 Å². The summed E-state index contributed by atoms with van der Waals surface area (Å²) < 4.78 is 2.68. The van der Waals surface area contributed by atoms with Crippen LogP contribution in [0.2, 0.25) is 0 Å². The monoisotopic (exact) mass is 318 g/mol. The molecule has 80 valence electrons. The molecule has 3 heteroatoms. The molecule has 0 aliphatic heterocycles. The third-order valence-corrected chi connectivity index (χ3v) is 15.2. The Balaban J connectivity index is 2.37. The third-order valence-electron chi connectivity index (χ3n) is 3.09. The Labute approximate surface area is 103 Å². The van der Waals surface area contributed by atoms with Crippen LogP contribution >= 0.6 is 17.0 Å². The summed E-state index contributed by atoms with van der Waals surface area (Å²) in [5, 5.41) is 0. The van der Waals surface area contributed by atoms with E-state index in [4.69, 9.17) is 17.0 Å². The molecule has 0 amide bonds. The average molecular weight is 320 g/mol. The van der Waals surface area contributed by atoms with Crippen molar-refractivity contribution in [3.05, 3.63) is 42.0 Å². The first-order chi connectivity index (χ1) is 7.03. The van der Waals surface area contributed by atoms with E-state index in [1.165, 1.54) is 17.7 Å². The number of hydrogen-bond acceptors (Lipinski definition) is 0. The summed E-state index contributed by atoms with van der Waals surface area (Å²) in [7, 11) is 13.4. The molecule has 0 unspecified atom stereocenters. The molecule has 0 aromatic rings. The van der Waals surface area contributed by atoms with Crippen molar-refractivity contribution in [2.45, 2.75) is 26.7 Å².